The van der Waals surface area contributed by atoms with E-state index in [1.165, 1.54) is 12.1 Å². The predicted molar refractivity (Wildman–Crippen MR) is 43.5 cm³/mol. The largest absolute Gasteiger partial charge is 0.315 e. The van der Waals surface area contributed by atoms with E-state index in [4.69, 9.17) is 0 Å². The first-order valence-corrected chi connectivity index (χ1v) is 4.09. The first-order chi connectivity index (χ1) is 5.38. The van der Waals surface area contributed by atoms with Gasteiger partial charge in [0.25, 0.3) is 0 Å². The highest BCUT2D eigenvalue weighted by Crippen LogP contribution is 2.15. The molecule has 60 valence electrons. The zero-order valence-electron chi connectivity index (χ0n) is 6.75. The van der Waals surface area contributed by atoms with Crippen LogP contribution in [0.4, 0.5) is 0 Å². The molecule has 1 saturated heterocycles. The minimum absolute atomic E-state index is 0.588. The Morgan fingerprint density at radius 1 is 1.73 bits per heavy atom. The van der Waals surface area contributed by atoms with Gasteiger partial charge in [0.05, 0.1) is 6.04 Å². The lowest BCUT2D eigenvalue weighted by atomic mass is 10.2. The van der Waals surface area contributed by atoms with E-state index in [2.05, 4.69) is 28.1 Å². The van der Waals surface area contributed by atoms with E-state index >= 15 is 0 Å². The van der Waals surface area contributed by atoms with Crippen molar-refractivity contribution < 1.29 is 0 Å². The lowest BCUT2D eigenvalue weighted by molar-refractivity contribution is 0.479. The average Bonchev–Trinajstić information content (AvgIpc) is 2.55. The summed E-state index contributed by atoms with van der Waals surface area (Å²) < 4.78 is 2.11. The van der Waals surface area contributed by atoms with Crippen LogP contribution >= 0.6 is 0 Å². The maximum Gasteiger partial charge on any atom is 0.0658 e. The van der Waals surface area contributed by atoms with Gasteiger partial charge in [0, 0.05) is 18.4 Å². The Kier molecular flexibility index (Phi) is 1.66. The zero-order valence-corrected chi connectivity index (χ0v) is 6.75. The molecule has 0 unspecified atom stereocenters. The van der Waals surface area contributed by atoms with Crippen molar-refractivity contribution in [3.8, 4) is 0 Å². The average molecular weight is 151 g/mol. The van der Waals surface area contributed by atoms with Crippen LogP contribution in [0.5, 0.6) is 0 Å². The first kappa shape index (κ1) is 6.85. The third-order valence-corrected chi connectivity index (χ3v) is 2.25. The van der Waals surface area contributed by atoms with Crippen molar-refractivity contribution in [3.63, 3.8) is 0 Å². The third kappa shape index (κ3) is 1.16. The van der Waals surface area contributed by atoms with E-state index in [0.29, 0.717) is 6.04 Å². The quantitative estimate of drug-likeness (QED) is 0.641. The van der Waals surface area contributed by atoms with Crippen LogP contribution in [-0.2, 0) is 0 Å². The predicted octanol–water partition coefficient (Wildman–Crippen LogP) is 0.726. The Morgan fingerprint density at radius 3 is 3.18 bits per heavy atom. The Bertz CT molecular complexity index is 235. The summed E-state index contributed by atoms with van der Waals surface area (Å²) in [7, 11) is 0. The summed E-state index contributed by atoms with van der Waals surface area (Å²) in [6.45, 7) is 4.30. The SMILES string of the molecule is Cc1ccnn1[C@@H]1CCNC1. The summed E-state index contributed by atoms with van der Waals surface area (Å²) in [6.07, 6.45) is 3.08. The molecule has 0 aromatic carbocycles. The summed E-state index contributed by atoms with van der Waals surface area (Å²) in [5, 5.41) is 7.60. The molecule has 2 heterocycles. The van der Waals surface area contributed by atoms with Crippen molar-refractivity contribution in [2.45, 2.75) is 19.4 Å². The van der Waals surface area contributed by atoms with Crippen LogP contribution in [0.2, 0.25) is 0 Å². The summed E-state index contributed by atoms with van der Waals surface area (Å²) in [6, 6.07) is 2.64. The van der Waals surface area contributed by atoms with E-state index in [1.54, 1.807) is 0 Å². The molecule has 11 heavy (non-hydrogen) atoms. The fourth-order valence-electron chi connectivity index (χ4n) is 1.61. The summed E-state index contributed by atoms with van der Waals surface area (Å²) in [5.74, 6) is 0. The number of aryl methyl sites for hydroxylation is 1. The number of hydrogen-bond donors (Lipinski definition) is 1. The van der Waals surface area contributed by atoms with E-state index in [-0.39, 0.29) is 0 Å². The fraction of sp³-hybridized carbons (Fsp3) is 0.625. The van der Waals surface area contributed by atoms with Gasteiger partial charge in [-0.3, -0.25) is 4.68 Å². The molecule has 2 rings (SSSR count). The van der Waals surface area contributed by atoms with Gasteiger partial charge in [0.1, 0.15) is 0 Å². The molecule has 0 amide bonds. The highest BCUT2D eigenvalue weighted by atomic mass is 15.3. The van der Waals surface area contributed by atoms with Crippen molar-refractivity contribution in [2.24, 2.45) is 0 Å². The van der Waals surface area contributed by atoms with E-state index in [0.717, 1.165) is 13.1 Å². The number of nitrogens with one attached hydrogen (secondary N) is 1. The Balaban J connectivity index is 2.21. The van der Waals surface area contributed by atoms with Gasteiger partial charge in [0.2, 0.25) is 0 Å². The van der Waals surface area contributed by atoms with Crippen molar-refractivity contribution in [2.75, 3.05) is 13.1 Å². The number of rotatable bonds is 1. The summed E-state index contributed by atoms with van der Waals surface area (Å²) in [5.41, 5.74) is 1.26. The first-order valence-electron chi connectivity index (χ1n) is 4.09. The molecule has 3 heteroatoms. The second-order valence-corrected chi connectivity index (χ2v) is 3.06. The third-order valence-electron chi connectivity index (χ3n) is 2.25. The van der Waals surface area contributed by atoms with Gasteiger partial charge in [0.15, 0.2) is 0 Å². The Morgan fingerprint density at radius 2 is 2.64 bits per heavy atom. The smallest absolute Gasteiger partial charge is 0.0658 e. The van der Waals surface area contributed by atoms with Gasteiger partial charge in [-0.05, 0) is 26.0 Å². The molecule has 0 radical (unpaired) electrons. The Hall–Kier alpha value is -0.830. The van der Waals surface area contributed by atoms with Gasteiger partial charge in [-0.1, -0.05) is 0 Å². The van der Waals surface area contributed by atoms with Crippen molar-refractivity contribution in [1.29, 1.82) is 0 Å². The van der Waals surface area contributed by atoms with Gasteiger partial charge >= 0.3 is 0 Å². The fourth-order valence-corrected chi connectivity index (χ4v) is 1.61. The molecular formula is C8H13N3. The zero-order chi connectivity index (χ0) is 7.68. The van der Waals surface area contributed by atoms with E-state index in [1.807, 2.05) is 6.20 Å². The van der Waals surface area contributed by atoms with Crippen LogP contribution in [-0.4, -0.2) is 22.9 Å². The van der Waals surface area contributed by atoms with Crippen LogP contribution < -0.4 is 5.32 Å². The molecule has 3 nitrogen and oxygen atoms in total. The normalized spacial score (nSPS) is 24.3. The van der Waals surface area contributed by atoms with Crippen LogP contribution in [0, 0.1) is 6.92 Å². The van der Waals surface area contributed by atoms with Gasteiger partial charge in [-0.25, -0.2) is 0 Å². The molecule has 0 spiro atoms. The van der Waals surface area contributed by atoms with E-state index < -0.39 is 0 Å². The number of hydrogen-bond acceptors (Lipinski definition) is 2. The highest BCUT2D eigenvalue weighted by molar-refractivity contribution is 4.99. The molecule has 0 aliphatic carbocycles. The molecule has 1 aliphatic heterocycles. The Labute approximate surface area is 66.4 Å². The van der Waals surface area contributed by atoms with Crippen LogP contribution in [0.3, 0.4) is 0 Å². The van der Waals surface area contributed by atoms with Crippen LogP contribution in [0.1, 0.15) is 18.2 Å². The molecule has 1 fully saturated rings. The standard InChI is InChI=1S/C8H13N3/c1-7-2-5-10-11(7)8-3-4-9-6-8/h2,5,8-9H,3-4,6H2,1H3/t8-/m1/s1. The van der Waals surface area contributed by atoms with Crippen LogP contribution in [0.15, 0.2) is 12.3 Å². The van der Waals surface area contributed by atoms with E-state index in [9.17, 15) is 0 Å². The summed E-state index contributed by atoms with van der Waals surface area (Å²) in [4.78, 5) is 0. The van der Waals surface area contributed by atoms with Crippen molar-refractivity contribution >= 4 is 0 Å². The minimum atomic E-state index is 0.588. The van der Waals surface area contributed by atoms with Crippen molar-refractivity contribution in [1.82, 2.24) is 15.1 Å². The van der Waals surface area contributed by atoms with Gasteiger partial charge < -0.3 is 5.32 Å². The molecule has 1 atom stereocenters. The number of nitrogens with zero attached hydrogens (tertiary/aromatic N) is 2. The maximum atomic E-state index is 4.27. The molecule has 0 saturated carbocycles. The van der Waals surface area contributed by atoms with Crippen LogP contribution in [0.25, 0.3) is 0 Å². The topological polar surface area (TPSA) is 29.9 Å². The van der Waals surface area contributed by atoms with Gasteiger partial charge in [-0.15, -0.1) is 0 Å². The number of aromatic nitrogens is 2. The lowest BCUT2D eigenvalue weighted by Crippen LogP contribution is -2.15. The summed E-state index contributed by atoms with van der Waals surface area (Å²) >= 11 is 0. The molecule has 1 N–H and O–H groups in total. The monoisotopic (exact) mass is 151 g/mol. The highest BCUT2D eigenvalue weighted by Gasteiger charge is 2.17. The lowest BCUT2D eigenvalue weighted by Gasteiger charge is -2.10. The molecule has 1 aromatic heterocycles. The van der Waals surface area contributed by atoms with Crippen molar-refractivity contribution in [3.05, 3.63) is 18.0 Å². The van der Waals surface area contributed by atoms with Gasteiger partial charge in [-0.2, -0.15) is 5.10 Å². The molecule has 1 aromatic rings. The molecular weight excluding hydrogens is 138 g/mol. The molecule has 0 bridgehead atoms. The maximum absolute atomic E-state index is 4.27. The molecule has 1 aliphatic rings. The second-order valence-electron chi connectivity index (χ2n) is 3.06. The second kappa shape index (κ2) is 2.66. The minimum Gasteiger partial charge on any atom is -0.315 e.